The Morgan fingerprint density at radius 3 is 1.39 bits per heavy atom. The Balaban J connectivity index is 0.00000137. The molecule has 0 heterocycles. The topological polar surface area (TPSA) is 0 Å². The summed E-state index contributed by atoms with van der Waals surface area (Å²) in [6.07, 6.45) is 20.2. The van der Waals surface area contributed by atoms with Crippen molar-refractivity contribution in [2.45, 2.75) is 88.0 Å². The Hall–Kier alpha value is -7.12. The Morgan fingerprint density at radius 1 is 0.530 bits per heavy atom. The highest BCUT2D eigenvalue weighted by atomic mass is 14.2. The molecule has 2 aliphatic carbocycles. The van der Waals surface area contributed by atoms with E-state index in [1.165, 1.54) is 66.8 Å². The van der Waals surface area contributed by atoms with Crippen LogP contribution < -0.4 is 0 Å². The summed E-state index contributed by atoms with van der Waals surface area (Å²) in [5.74, 6) is 13.9. The summed E-state index contributed by atoms with van der Waals surface area (Å²) in [5.41, 5.74) is 19.3. The maximum atomic E-state index is 3.40. The first-order valence-corrected chi connectivity index (χ1v) is 23.7. The van der Waals surface area contributed by atoms with Crippen molar-refractivity contribution in [1.29, 1.82) is 0 Å². The predicted octanol–water partition coefficient (Wildman–Crippen LogP) is 18.3. The Labute approximate surface area is 401 Å². The molecule has 0 unspecified atom stereocenters. The van der Waals surface area contributed by atoms with Gasteiger partial charge in [0.1, 0.15) is 0 Å². The molecular formula is C66H72. The van der Waals surface area contributed by atoms with Gasteiger partial charge in [0.2, 0.25) is 0 Å². The minimum Gasteiger partial charge on any atom is -0.106 e. The molecule has 0 fully saturated rings. The van der Waals surface area contributed by atoms with E-state index in [0.29, 0.717) is 5.92 Å². The zero-order valence-electron chi connectivity index (χ0n) is 41.4. The molecule has 0 aliphatic heterocycles. The van der Waals surface area contributed by atoms with Crippen LogP contribution >= 0.6 is 0 Å². The Kier molecular flexibility index (Phi) is 23.7. The minimum absolute atomic E-state index is 0.413. The average molecular weight is 865 g/mol. The molecule has 0 amide bonds. The van der Waals surface area contributed by atoms with Crippen LogP contribution in [0.15, 0.2) is 219 Å². The minimum atomic E-state index is 0.413. The van der Waals surface area contributed by atoms with Crippen LogP contribution in [0.2, 0.25) is 0 Å². The molecular weight excluding hydrogens is 793 g/mol. The van der Waals surface area contributed by atoms with E-state index in [9.17, 15) is 0 Å². The van der Waals surface area contributed by atoms with Crippen LogP contribution in [0.25, 0.3) is 16.7 Å². The third-order valence-electron chi connectivity index (χ3n) is 10.9. The van der Waals surface area contributed by atoms with Gasteiger partial charge < -0.3 is 0 Å². The van der Waals surface area contributed by atoms with Gasteiger partial charge in [-0.3, -0.25) is 0 Å². The van der Waals surface area contributed by atoms with Gasteiger partial charge in [0, 0.05) is 22.3 Å². The molecule has 0 aromatic heterocycles. The van der Waals surface area contributed by atoms with Gasteiger partial charge in [0.15, 0.2) is 0 Å². The number of hydrogen-bond acceptors (Lipinski definition) is 0. The maximum absolute atomic E-state index is 3.40. The monoisotopic (exact) mass is 865 g/mol. The molecule has 0 atom stereocenters. The van der Waals surface area contributed by atoms with Crippen molar-refractivity contribution in [3.05, 3.63) is 269 Å². The number of rotatable bonds is 8. The molecule has 2 aliphatic rings. The number of benzene rings is 5. The molecule has 5 aromatic rings. The molecule has 0 saturated carbocycles. The Morgan fingerprint density at radius 2 is 0.970 bits per heavy atom. The second-order valence-electron chi connectivity index (χ2n) is 15.4. The van der Waals surface area contributed by atoms with Gasteiger partial charge in [-0.15, -0.1) is 26.3 Å². The summed E-state index contributed by atoms with van der Waals surface area (Å²) in [5, 5.41) is 0. The van der Waals surface area contributed by atoms with Gasteiger partial charge in [-0.05, 0) is 157 Å². The van der Waals surface area contributed by atoms with Crippen molar-refractivity contribution < 1.29 is 0 Å². The van der Waals surface area contributed by atoms with Crippen molar-refractivity contribution in [2.24, 2.45) is 5.92 Å². The van der Waals surface area contributed by atoms with Crippen molar-refractivity contribution in [1.82, 2.24) is 0 Å². The summed E-state index contributed by atoms with van der Waals surface area (Å²) < 4.78 is 0. The average Bonchev–Trinajstić information content (AvgIpc) is 3.40. The molecule has 66 heavy (non-hydrogen) atoms. The molecule has 0 saturated heterocycles. The SMILES string of the molecule is C/C=C(C)/C(=C(/C1=CCCC=C1)c1ccc(C#Cc2ccc(C#Cc3ccc(/C(=C(\C4=CC=CCC4)c4ccc(C)cc4)c4ccccc4)cc3)cc2)cc1)C(C)C.C=C.C=C.CC.CC. The van der Waals surface area contributed by atoms with E-state index in [1.54, 1.807) is 0 Å². The highest BCUT2D eigenvalue weighted by Gasteiger charge is 2.19. The van der Waals surface area contributed by atoms with Crippen LogP contribution in [-0.2, 0) is 0 Å². The smallest absolute Gasteiger partial charge is 0.0249 e. The third-order valence-corrected chi connectivity index (χ3v) is 10.9. The molecule has 5 aromatic carbocycles. The fourth-order valence-electron chi connectivity index (χ4n) is 7.82. The zero-order chi connectivity index (χ0) is 48.3. The molecule has 0 nitrogen and oxygen atoms in total. The van der Waals surface area contributed by atoms with E-state index in [1.807, 2.05) is 27.7 Å². The highest BCUT2D eigenvalue weighted by molar-refractivity contribution is 6.04. The second-order valence-corrected chi connectivity index (χ2v) is 15.4. The molecule has 0 radical (unpaired) electrons. The summed E-state index contributed by atoms with van der Waals surface area (Å²) in [6.45, 7) is 31.1. The molecule has 0 heteroatoms. The molecule has 0 spiro atoms. The van der Waals surface area contributed by atoms with E-state index < -0.39 is 0 Å². The van der Waals surface area contributed by atoms with Crippen LogP contribution in [-0.4, -0.2) is 0 Å². The van der Waals surface area contributed by atoms with Crippen LogP contribution in [0.3, 0.4) is 0 Å². The van der Waals surface area contributed by atoms with Gasteiger partial charge in [-0.1, -0.05) is 198 Å². The predicted molar refractivity (Wildman–Crippen MR) is 294 cm³/mol. The number of hydrogen-bond donors (Lipinski definition) is 0. The first-order valence-electron chi connectivity index (χ1n) is 23.7. The highest BCUT2D eigenvalue weighted by Crippen LogP contribution is 2.40. The Bertz CT molecular complexity index is 2620. The summed E-state index contributed by atoms with van der Waals surface area (Å²) in [6, 6.07) is 45.5. The van der Waals surface area contributed by atoms with Gasteiger partial charge >= 0.3 is 0 Å². The van der Waals surface area contributed by atoms with Gasteiger partial charge in [-0.2, -0.15) is 0 Å². The van der Waals surface area contributed by atoms with Crippen LogP contribution in [0.4, 0.5) is 0 Å². The van der Waals surface area contributed by atoms with E-state index in [4.69, 9.17) is 0 Å². The van der Waals surface area contributed by atoms with Crippen molar-refractivity contribution >= 4 is 16.7 Å². The van der Waals surface area contributed by atoms with Crippen LogP contribution in [0, 0.1) is 36.5 Å². The van der Waals surface area contributed by atoms with Crippen molar-refractivity contribution in [2.75, 3.05) is 0 Å². The fourth-order valence-corrected chi connectivity index (χ4v) is 7.82. The summed E-state index contributed by atoms with van der Waals surface area (Å²) >= 11 is 0. The fraction of sp³-hybridized carbons (Fsp3) is 0.212. The van der Waals surface area contributed by atoms with Gasteiger partial charge in [0.05, 0.1) is 0 Å². The standard InChI is InChI=1S/C58H52.2C2H6.2C2H4/c1-6-44(5)55(42(2)3)56(49-16-10-7-11-17-49)53-38-32-47(33-39-53)30-28-45-24-26-46(27-25-45)29-31-48-34-40-54(41-35-48)58(51-20-14-9-15-21-51)57(50-18-12-8-13-19-50)52-36-22-43(4)23-37-52;4*1-2/h6,8-10,12,14-18,20-27,32-42H,7,11,13,19H2,1-5H3;2*1-2H3;2*1-2H2/b44-6+,56-55-,58-57+;;;;. The normalized spacial score (nSPS) is 13.2. The lowest BCUT2D eigenvalue weighted by Gasteiger charge is -2.22. The van der Waals surface area contributed by atoms with Crippen LogP contribution in [0.5, 0.6) is 0 Å². The van der Waals surface area contributed by atoms with E-state index in [-0.39, 0.29) is 0 Å². The number of aryl methyl sites for hydroxylation is 1. The molecule has 0 bridgehead atoms. The van der Waals surface area contributed by atoms with E-state index in [0.717, 1.165) is 47.9 Å². The third kappa shape index (κ3) is 15.0. The van der Waals surface area contributed by atoms with E-state index >= 15 is 0 Å². The lowest BCUT2D eigenvalue weighted by molar-refractivity contribution is 0.779. The summed E-state index contributed by atoms with van der Waals surface area (Å²) in [7, 11) is 0. The summed E-state index contributed by atoms with van der Waals surface area (Å²) in [4.78, 5) is 0. The number of allylic oxidation sites excluding steroid dienone is 13. The molecule has 336 valence electrons. The van der Waals surface area contributed by atoms with E-state index in [2.05, 4.69) is 255 Å². The van der Waals surface area contributed by atoms with Crippen LogP contribution in [0.1, 0.15) is 131 Å². The van der Waals surface area contributed by atoms with Gasteiger partial charge in [-0.25, -0.2) is 0 Å². The molecule has 0 N–H and O–H groups in total. The zero-order valence-corrected chi connectivity index (χ0v) is 41.4. The molecule has 7 rings (SSSR count). The lowest BCUT2D eigenvalue weighted by Crippen LogP contribution is -2.04. The van der Waals surface area contributed by atoms with Crippen molar-refractivity contribution in [3.8, 4) is 23.7 Å². The maximum Gasteiger partial charge on any atom is 0.0249 e. The van der Waals surface area contributed by atoms with Crippen molar-refractivity contribution in [3.63, 3.8) is 0 Å². The lowest BCUT2D eigenvalue weighted by atomic mass is 9.82. The van der Waals surface area contributed by atoms with Gasteiger partial charge in [0.25, 0.3) is 0 Å². The first-order chi connectivity index (χ1) is 32.4. The quantitative estimate of drug-likeness (QED) is 0.0631. The second kappa shape index (κ2) is 29.3. The first kappa shape index (κ1) is 53.2. The largest absolute Gasteiger partial charge is 0.106 e.